The van der Waals surface area contributed by atoms with Crippen LogP contribution in [0.4, 0.5) is 5.69 Å². The molecule has 2 saturated heterocycles. The Bertz CT molecular complexity index is 939. The number of rotatable bonds is 5. The van der Waals surface area contributed by atoms with Crippen molar-refractivity contribution in [2.45, 2.75) is 37.4 Å². The van der Waals surface area contributed by atoms with Crippen molar-refractivity contribution >= 4 is 33.0 Å². The molecule has 1 aromatic heterocycles. The fourth-order valence-corrected chi connectivity index (χ4v) is 5.25. The summed E-state index contributed by atoms with van der Waals surface area (Å²) in [6.45, 7) is 0. The van der Waals surface area contributed by atoms with Gasteiger partial charge in [-0.3, -0.25) is 9.52 Å². The molecule has 138 valence electrons. The van der Waals surface area contributed by atoms with Gasteiger partial charge in [-0.25, -0.2) is 8.42 Å². The van der Waals surface area contributed by atoms with Gasteiger partial charge >= 0.3 is 0 Å². The number of carbonyl (C=O) groups excluding carboxylic acids is 1. The average molecular weight is 392 g/mol. The summed E-state index contributed by atoms with van der Waals surface area (Å²) in [5, 5.41) is 6.67. The summed E-state index contributed by atoms with van der Waals surface area (Å²) in [6.07, 6.45) is 4.47. The summed E-state index contributed by atoms with van der Waals surface area (Å²) in [4.78, 5) is 14.2. The number of nitrogens with one attached hydrogen (secondary N) is 3. The summed E-state index contributed by atoms with van der Waals surface area (Å²) >= 11 is 1.41. The molecular weight excluding hydrogens is 370 g/mol. The fraction of sp³-hybridized carbons (Fsp3) is 0.389. The van der Waals surface area contributed by atoms with Crippen LogP contribution in [0, 0.1) is 0 Å². The second-order valence-corrected chi connectivity index (χ2v) is 9.81. The highest BCUT2D eigenvalue weighted by Crippen LogP contribution is 2.31. The molecule has 1 aromatic carbocycles. The Labute approximate surface area is 157 Å². The van der Waals surface area contributed by atoms with Crippen LogP contribution in [-0.2, 0) is 10.0 Å². The van der Waals surface area contributed by atoms with Crippen LogP contribution < -0.4 is 15.4 Å². The summed E-state index contributed by atoms with van der Waals surface area (Å²) in [7, 11) is -3.32. The average Bonchev–Trinajstić information content (AvgIpc) is 3.30. The molecule has 0 saturated carbocycles. The van der Waals surface area contributed by atoms with Crippen LogP contribution in [0.2, 0.25) is 0 Å². The van der Waals surface area contributed by atoms with Gasteiger partial charge in [0.2, 0.25) is 10.0 Å². The van der Waals surface area contributed by atoms with Crippen molar-refractivity contribution in [1.29, 1.82) is 0 Å². The predicted molar refractivity (Wildman–Crippen MR) is 104 cm³/mol. The van der Waals surface area contributed by atoms with Crippen LogP contribution in [0.25, 0.3) is 10.4 Å². The topological polar surface area (TPSA) is 87.3 Å². The van der Waals surface area contributed by atoms with E-state index in [0.29, 0.717) is 22.6 Å². The molecule has 1 amide bonds. The second kappa shape index (κ2) is 6.68. The molecule has 3 heterocycles. The molecule has 0 aliphatic carbocycles. The third-order valence-electron chi connectivity index (χ3n) is 4.90. The van der Waals surface area contributed by atoms with Gasteiger partial charge in [0.25, 0.3) is 5.91 Å². The largest absolute Gasteiger partial charge is 0.347 e. The monoisotopic (exact) mass is 391 g/mol. The summed E-state index contributed by atoms with van der Waals surface area (Å²) in [5.74, 6) is -0.0361. The van der Waals surface area contributed by atoms with Crippen molar-refractivity contribution in [2.75, 3.05) is 11.0 Å². The smallest absolute Gasteiger partial charge is 0.261 e. The molecule has 2 aliphatic rings. The van der Waals surface area contributed by atoms with Crippen LogP contribution in [0.5, 0.6) is 0 Å². The number of amides is 1. The zero-order valence-electron chi connectivity index (χ0n) is 14.4. The van der Waals surface area contributed by atoms with Gasteiger partial charge in [-0.05, 0) is 49.1 Å². The highest BCUT2D eigenvalue weighted by molar-refractivity contribution is 7.92. The predicted octanol–water partition coefficient (Wildman–Crippen LogP) is 2.41. The van der Waals surface area contributed by atoms with Crippen LogP contribution in [-0.4, -0.2) is 38.7 Å². The molecule has 0 spiro atoms. The van der Waals surface area contributed by atoms with Crippen molar-refractivity contribution in [1.82, 2.24) is 10.6 Å². The molecule has 2 bridgehead atoms. The van der Waals surface area contributed by atoms with Gasteiger partial charge in [0.1, 0.15) is 0 Å². The lowest BCUT2D eigenvalue weighted by Crippen LogP contribution is -2.42. The summed E-state index contributed by atoms with van der Waals surface area (Å²) in [5.41, 5.74) is 1.39. The second-order valence-electron chi connectivity index (χ2n) is 6.98. The van der Waals surface area contributed by atoms with Gasteiger partial charge in [0.15, 0.2) is 0 Å². The minimum atomic E-state index is -3.32. The normalized spacial score (nSPS) is 24.6. The quantitative estimate of drug-likeness (QED) is 0.730. The molecule has 3 atom stereocenters. The van der Waals surface area contributed by atoms with Crippen LogP contribution in [0.1, 0.15) is 28.9 Å². The molecule has 3 unspecified atom stereocenters. The molecule has 8 heteroatoms. The van der Waals surface area contributed by atoms with Crippen molar-refractivity contribution in [3.8, 4) is 10.4 Å². The van der Waals surface area contributed by atoms with E-state index in [4.69, 9.17) is 0 Å². The lowest BCUT2D eigenvalue weighted by molar-refractivity contribution is 0.0935. The maximum absolute atomic E-state index is 12.6. The molecule has 6 nitrogen and oxygen atoms in total. The van der Waals surface area contributed by atoms with E-state index < -0.39 is 10.0 Å². The Morgan fingerprint density at radius 1 is 1.23 bits per heavy atom. The molecule has 0 radical (unpaired) electrons. The van der Waals surface area contributed by atoms with E-state index >= 15 is 0 Å². The first-order valence-electron chi connectivity index (χ1n) is 8.62. The number of hydrogen-bond donors (Lipinski definition) is 3. The zero-order chi connectivity index (χ0) is 18.3. The molecule has 2 aromatic rings. The number of sulfonamides is 1. The van der Waals surface area contributed by atoms with E-state index in [0.717, 1.165) is 29.5 Å². The van der Waals surface area contributed by atoms with Crippen LogP contribution in [0.3, 0.4) is 0 Å². The Morgan fingerprint density at radius 2 is 2.08 bits per heavy atom. The van der Waals surface area contributed by atoms with E-state index in [1.54, 1.807) is 18.2 Å². The van der Waals surface area contributed by atoms with Crippen molar-refractivity contribution in [3.63, 3.8) is 0 Å². The molecule has 26 heavy (non-hydrogen) atoms. The SMILES string of the molecule is CS(=O)(=O)Nc1cccc(-c2ccc(C(=O)NC3CC4CCC3N4)s2)c1. The van der Waals surface area contributed by atoms with Gasteiger partial charge in [0.05, 0.1) is 11.1 Å². The van der Waals surface area contributed by atoms with E-state index in [2.05, 4.69) is 15.4 Å². The van der Waals surface area contributed by atoms with E-state index in [9.17, 15) is 13.2 Å². The minimum absolute atomic E-state index is 0.0361. The van der Waals surface area contributed by atoms with Crippen molar-refractivity contribution < 1.29 is 13.2 Å². The number of anilines is 1. The Kier molecular flexibility index (Phi) is 4.50. The standard InChI is InChI=1S/C18H21N3O3S2/c1-26(23,24)21-13-4-2-3-11(9-13)16-7-8-17(25-16)18(22)20-15-10-12-5-6-14(15)19-12/h2-4,7-9,12,14-15,19,21H,5-6,10H2,1H3,(H,20,22). The Morgan fingerprint density at radius 3 is 2.77 bits per heavy atom. The van der Waals surface area contributed by atoms with Crippen LogP contribution in [0.15, 0.2) is 36.4 Å². The molecule has 2 aliphatic heterocycles. The summed E-state index contributed by atoms with van der Waals surface area (Å²) < 4.78 is 25.3. The van der Waals surface area contributed by atoms with Crippen molar-refractivity contribution in [2.24, 2.45) is 0 Å². The highest BCUT2D eigenvalue weighted by Gasteiger charge is 2.39. The molecule has 3 N–H and O–H groups in total. The number of carbonyl (C=O) groups is 1. The Balaban J connectivity index is 1.47. The van der Waals surface area contributed by atoms with E-state index in [1.165, 1.54) is 17.8 Å². The molecule has 4 rings (SSSR count). The first-order chi connectivity index (χ1) is 12.4. The third-order valence-corrected chi connectivity index (χ3v) is 6.64. The van der Waals surface area contributed by atoms with Gasteiger partial charge in [0, 0.05) is 28.7 Å². The first-order valence-corrected chi connectivity index (χ1v) is 11.3. The lowest BCUT2D eigenvalue weighted by Gasteiger charge is -2.20. The third kappa shape index (κ3) is 3.77. The van der Waals surface area contributed by atoms with Gasteiger partial charge in [-0.1, -0.05) is 12.1 Å². The lowest BCUT2D eigenvalue weighted by atomic mass is 9.95. The maximum atomic E-state index is 12.6. The van der Waals surface area contributed by atoms with Crippen LogP contribution >= 0.6 is 11.3 Å². The van der Waals surface area contributed by atoms with Crippen molar-refractivity contribution in [3.05, 3.63) is 41.3 Å². The van der Waals surface area contributed by atoms with Gasteiger partial charge in [-0.2, -0.15) is 0 Å². The number of fused-ring (bicyclic) bond motifs is 2. The number of hydrogen-bond acceptors (Lipinski definition) is 5. The first kappa shape index (κ1) is 17.5. The minimum Gasteiger partial charge on any atom is -0.347 e. The maximum Gasteiger partial charge on any atom is 0.261 e. The number of benzene rings is 1. The molecular formula is C18H21N3O3S2. The van der Waals surface area contributed by atoms with Gasteiger partial charge in [-0.15, -0.1) is 11.3 Å². The Hall–Kier alpha value is -1.90. The summed E-state index contributed by atoms with van der Waals surface area (Å²) in [6, 6.07) is 12.1. The number of thiophene rings is 1. The highest BCUT2D eigenvalue weighted by atomic mass is 32.2. The zero-order valence-corrected chi connectivity index (χ0v) is 16.0. The van der Waals surface area contributed by atoms with E-state index in [1.807, 2.05) is 18.2 Å². The van der Waals surface area contributed by atoms with E-state index in [-0.39, 0.29) is 11.9 Å². The fourth-order valence-electron chi connectivity index (χ4n) is 3.79. The molecule has 2 fully saturated rings. The van der Waals surface area contributed by atoms with Gasteiger partial charge < -0.3 is 10.6 Å².